The molecule has 1 aliphatic heterocycles. The van der Waals surface area contributed by atoms with E-state index in [1.807, 2.05) is 49.4 Å². The van der Waals surface area contributed by atoms with Crippen molar-refractivity contribution in [3.8, 4) is 11.5 Å². The van der Waals surface area contributed by atoms with Crippen LogP contribution in [0.1, 0.15) is 36.9 Å². The number of benzene rings is 3. The van der Waals surface area contributed by atoms with Crippen LogP contribution in [-0.2, 0) is 16.0 Å². The van der Waals surface area contributed by atoms with E-state index in [1.54, 1.807) is 43.5 Å². The number of rotatable bonds is 10. The van der Waals surface area contributed by atoms with Crippen LogP contribution in [0.4, 0.5) is 5.69 Å². The molecule has 3 aromatic rings. The molecule has 35 heavy (non-hydrogen) atoms. The van der Waals surface area contributed by atoms with Gasteiger partial charge in [-0.2, -0.15) is 0 Å². The molecule has 0 aliphatic carbocycles. The van der Waals surface area contributed by atoms with Gasteiger partial charge in [0.25, 0.3) is 5.91 Å². The molecule has 0 spiro atoms. The monoisotopic (exact) mass is 471 g/mol. The summed E-state index contributed by atoms with van der Waals surface area (Å²) < 4.78 is 11.1. The fourth-order valence-electron chi connectivity index (χ4n) is 4.26. The van der Waals surface area contributed by atoms with Crippen molar-refractivity contribution in [1.29, 1.82) is 0 Å². The van der Waals surface area contributed by atoms with Crippen LogP contribution in [0.5, 0.6) is 11.5 Å². The first-order chi connectivity index (χ1) is 17.0. The number of Topliss-reactive ketones (excluding diaryl/α,β-unsaturated/α-hetero) is 1. The summed E-state index contributed by atoms with van der Waals surface area (Å²) in [5.74, 6) is -0.194. The molecule has 4 rings (SSSR count). The van der Waals surface area contributed by atoms with Gasteiger partial charge in [0.05, 0.1) is 25.3 Å². The van der Waals surface area contributed by atoms with Crippen molar-refractivity contribution in [1.82, 2.24) is 0 Å². The summed E-state index contributed by atoms with van der Waals surface area (Å²) in [6.07, 6.45) is 1.53. The lowest BCUT2D eigenvalue weighted by molar-refractivity contribution is -0.118. The van der Waals surface area contributed by atoms with Crippen molar-refractivity contribution in [2.24, 2.45) is 0 Å². The maximum absolute atomic E-state index is 13.4. The predicted molar refractivity (Wildman–Crippen MR) is 135 cm³/mol. The highest BCUT2D eigenvalue weighted by atomic mass is 16.5. The van der Waals surface area contributed by atoms with Crippen LogP contribution in [0, 0.1) is 0 Å². The van der Waals surface area contributed by atoms with Crippen LogP contribution in [0.15, 0.2) is 90.2 Å². The number of amides is 1. The Hall–Kier alpha value is -4.06. The van der Waals surface area contributed by atoms with Gasteiger partial charge in [0.2, 0.25) is 0 Å². The van der Waals surface area contributed by atoms with Gasteiger partial charge in [-0.05, 0) is 48.2 Å². The third-order valence-electron chi connectivity index (χ3n) is 5.97. The second kappa shape index (κ2) is 10.9. The number of aryl methyl sites for hydroxylation is 1. The molecular weight excluding hydrogens is 442 g/mol. The lowest BCUT2D eigenvalue weighted by Gasteiger charge is -2.27. The zero-order valence-electron chi connectivity index (χ0n) is 19.9. The van der Waals surface area contributed by atoms with Gasteiger partial charge in [0, 0.05) is 18.2 Å². The molecule has 0 fully saturated rings. The topological polar surface area (TPSA) is 76.1 Å². The Morgan fingerprint density at radius 2 is 1.71 bits per heavy atom. The highest BCUT2D eigenvalue weighted by Crippen LogP contribution is 2.42. The van der Waals surface area contributed by atoms with Crippen LogP contribution in [0.2, 0.25) is 0 Å². The maximum Gasteiger partial charge on any atom is 0.294 e. The quantitative estimate of drug-likeness (QED) is 0.417. The summed E-state index contributed by atoms with van der Waals surface area (Å²) in [6, 6.07) is 23.2. The van der Waals surface area contributed by atoms with Gasteiger partial charge < -0.3 is 14.6 Å². The fourth-order valence-corrected chi connectivity index (χ4v) is 4.26. The Labute approximate surface area is 205 Å². The maximum atomic E-state index is 13.4. The molecular formula is C29H29NO5. The zero-order valence-corrected chi connectivity index (χ0v) is 19.9. The van der Waals surface area contributed by atoms with Crippen LogP contribution >= 0.6 is 0 Å². The van der Waals surface area contributed by atoms with Crippen molar-refractivity contribution in [3.05, 3.63) is 101 Å². The Balaban J connectivity index is 1.73. The zero-order chi connectivity index (χ0) is 24.8. The van der Waals surface area contributed by atoms with Gasteiger partial charge in [-0.1, -0.05) is 55.5 Å². The molecule has 0 radical (unpaired) electrons. The summed E-state index contributed by atoms with van der Waals surface area (Å²) in [5, 5.41) is 10.9. The Kier molecular flexibility index (Phi) is 7.51. The van der Waals surface area contributed by atoms with E-state index < -0.39 is 17.7 Å². The smallest absolute Gasteiger partial charge is 0.294 e. The minimum absolute atomic E-state index is 0.0964. The number of aliphatic hydroxyl groups is 1. The summed E-state index contributed by atoms with van der Waals surface area (Å²) in [6.45, 7) is 2.56. The average molecular weight is 472 g/mol. The van der Waals surface area contributed by atoms with Gasteiger partial charge in [-0.15, -0.1) is 0 Å². The van der Waals surface area contributed by atoms with E-state index in [4.69, 9.17) is 9.47 Å². The first-order valence-corrected chi connectivity index (χ1v) is 11.7. The number of methoxy groups -OCH3 is 1. The first kappa shape index (κ1) is 24.1. The lowest BCUT2D eigenvalue weighted by atomic mass is 9.93. The van der Waals surface area contributed by atoms with Gasteiger partial charge in [-0.25, -0.2) is 0 Å². The lowest BCUT2D eigenvalue weighted by Crippen LogP contribution is -2.31. The van der Waals surface area contributed by atoms with Crippen LogP contribution in [-0.4, -0.2) is 30.5 Å². The summed E-state index contributed by atoms with van der Waals surface area (Å²) in [5.41, 5.74) is 2.32. The highest BCUT2D eigenvalue weighted by Gasteiger charge is 2.44. The van der Waals surface area contributed by atoms with E-state index in [0.29, 0.717) is 35.8 Å². The molecule has 0 aromatic heterocycles. The van der Waals surface area contributed by atoms with Gasteiger partial charge >= 0.3 is 0 Å². The first-order valence-electron chi connectivity index (χ1n) is 11.7. The largest absolute Gasteiger partial charge is 0.503 e. The summed E-state index contributed by atoms with van der Waals surface area (Å²) >= 11 is 0. The van der Waals surface area contributed by atoms with Gasteiger partial charge in [-0.3, -0.25) is 14.5 Å². The summed E-state index contributed by atoms with van der Waals surface area (Å²) in [7, 11) is 1.56. The molecule has 3 aromatic carbocycles. The molecule has 1 unspecified atom stereocenters. The number of hydrogen-bond donors (Lipinski definition) is 1. The van der Waals surface area contributed by atoms with E-state index >= 15 is 0 Å². The molecule has 1 atom stereocenters. The molecule has 1 heterocycles. The summed E-state index contributed by atoms with van der Waals surface area (Å²) in [4.78, 5) is 28.3. The average Bonchev–Trinajstić information content (AvgIpc) is 3.17. The molecule has 1 amide bonds. The number of ether oxygens (including phenoxy) is 2. The van der Waals surface area contributed by atoms with E-state index in [2.05, 4.69) is 0 Å². The number of carbonyl (C=O) groups excluding carboxylic acids is 2. The van der Waals surface area contributed by atoms with Crippen molar-refractivity contribution < 1.29 is 24.2 Å². The molecule has 0 bridgehead atoms. The number of ketones is 1. The Morgan fingerprint density at radius 1 is 0.971 bits per heavy atom. The van der Waals surface area contributed by atoms with Crippen LogP contribution < -0.4 is 14.4 Å². The number of aliphatic hydroxyl groups excluding tert-OH is 1. The molecule has 0 saturated heterocycles. The molecule has 1 N–H and O–H groups in total. The Bertz CT molecular complexity index is 1230. The van der Waals surface area contributed by atoms with E-state index in [1.165, 1.54) is 4.90 Å². The molecule has 180 valence electrons. The second-order valence-corrected chi connectivity index (χ2v) is 8.37. The third-order valence-corrected chi connectivity index (χ3v) is 5.97. The number of carbonyl (C=O) groups is 2. The highest BCUT2D eigenvalue weighted by molar-refractivity contribution is 6.16. The minimum atomic E-state index is -0.790. The predicted octanol–water partition coefficient (Wildman–Crippen LogP) is 5.59. The van der Waals surface area contributed by atoms with Crippen LogP contribution in [0.25, 0.3) is 0 Å². The van der Waals surface area contributed by atoms with E-state index in [0.717, 1.165) is 12.0 Å². The molecule has 1 aliphatic rings. The SMILES string of the molecule is CCCOc1cccc(N2C(=O)C(O)=C(C(=O)CCc3ccccc3)C2c2cccc(OC)c2)c1. The Morgan fingerprint density at radius 3 is 2.46 bits per heavy atom. The normalized spacial score (nSPS) is 15.4. The van der Waals surface area contributed by atoms with E-state index in [-0.39, 0.29) is 17.8 Å². The molecule has 0 saturated carbocycles. The van der Waals surface area contributed by atoms with Crippen molar-refractivity contribution in [2.75, 3.05) is 18.6 Å². The standard InChI is InChI=1S/C29H29NO5/c1-3-17-35-24-14-8-12-22(19-24)30-27(21-11-7-13-23(18-21)34-2)26(28(32)29(30)33)25(31)16-15-20-9-5-4-6-10-20/h4-14,18-19,27,32H,3,15-17H2,1-2H3. The van der Waals surface area contributed by atoms with Gasteiger partial charge in [0.15, 0.2) is 11.5 Å². The second-order valence-electron chi connectivity index (χ2n) is 8.37. The minimum Gasteiger partial charge on any atom is -0.503 e. The van der Waals surface area contributed by atoms with Crippen molar-refractivity contribution in [3.63, 3.8) is 0 Å². The number of anilines is 1. The molecule has 6 nitrogen and oxygen atoms in total. The fraction of sp³-hybridized carbons (Fsp3) is 0.241. The van der Waals surface area contributed by atoms with Crippen molar-refractivity contribution >= 4 is 17.4 Å². The van der Waals surface area contributed by atoms with Gasteiger partial charge in [0.1, 0.15) is 11.5 Å². The number of nitrogens with zero attached hydrogens (tertiary/aromatic N) is 1. The van der Waals surface area contributed by atoms with Crippen LogP contribution in [0.3, 0.4) is 0 Å². The molecule has 6 heteroatoms. The third kappa shape index (κ3) is 5.22. The number of hydrogen-bond acceptors (Lipinski definition) is 5. The van der Waals surface area contributed by atoms with Crippen molar-refractivity contribution in [2.45, 2.75) is 32.2 Å². The van der Waals surface area contributed by atoms with E-state index in [9.17, 15) is 14.7 Å².